The Balaban J connectivity index is 2.64. The highest BCUT2D eigenvalue weighted by atomic mass is 32.2. The molecule has 0 heterocycles. The van der Waals surface area contributed by atoms with E-state index in [1.54, 1.807) is 7.11 Å². The summed E-state index contributed by atoms with van der Waals surface area (Å²) in [7, 11) is 0.0921. The van der Waals surface area contributed by atoms with Crippen LogP contribution < -0.4 is 10.0 Å². The van der Waals surface area contributed by atoms with E-state index in [4.69, 9.17) is 4.74 Å². The molecule has 6 heteroatoms. The van der Waals surface area contributed by atoms with E-state index >= 15 is 0 Å². The molecule has 0 bridgehead atoms. The fraction of sp³-hybridized carbons (Fsp3) is 0.538. The second-order valence-electron chi connectivity index (χ2n) is 4.50. The molecule has 1 atom stereocenters. The van der Waals surface area contributed by atoms with E-state index in [1.165, 1.54) is 0 Å². The van der Waals surface area contributed by atoms with Gasteiger partial charge in [0.25, 0.3) is 0 Å². The first-order valence-electron chi connectivity index (χ1n) is 6.19. The molecule has 0 aromatic heterocycles. The van der Waals surface area contributed by atoms with Crippen LogP contribution in [0.5, 0.6) is 0 Å². The van der Waals surface area contributed by atoms with E-state index in [2.05, 4.69) is 10.0 Å². The van der Waals surface area contributed by atoms with Crippen LogP contribution in [0.1, 0.15) is 18.1 Å². The van der Waals surface area contributed by atoms with E-state index in [-0.39, 0.29) is 18.4 Å². The first-order chi connectivity index (χ1) is 8.96. The molecule has 108 valence electrons. The lowest BCUT2D eigenvalue weighted by Gasteiger charge is -2.11. The summed E-state index contributed by atoms with van der Waals surface area (Å²) in [4.78, 5) is 0. The number of hydrogen-bond donors (Lipinski definition) is 2. The topological polar surface area (TPSA) is 67.4 Å². The molecule has 1 aromatic carbocycles. The molecule has 0 aliphatic carbocycles. The lowest BCUT2D eigenvalue weighted by Crippen LogP contribution is -2.32. The number of sulfonamides is 1. The summed E-state index contributed by atoms with van der Waals surface area (Å²) in [6, 6.07) is 7.55. The molecule has 1 rings (SSSR count). The van der Waals surface area contributed by atoms with Gasteiger partial charge in [0, 0.05) is 20.2 Å². The molecular formula is C13H22N2O3S. The van der Waals surface area contributed by atoms with Gasteiger partial charge >= 0.3 is 0 Å². The Hall–Kier alpha value is -0.950. The number of hydrogen-bond acceptors (Lipinski definition) is 4. The SMILES string of the molecule is CNCc1cccc(CS(=O)(=O)NCC(C)OC)c1. The van der Waals surface area contributed by atoms with Crippen LogP contribution in [0.25, 0.3) is 0 Å². The lowest BCUT2D eigenvalue weighted by atomic mass is 10.1. The van der Waals surface area contributed by atoms with Crippen molar-refractivity contribution >= 4 is 10.0 Å². The van der Waals surface area contributed by atoms with Crippen molar-refractivity contribution in [3.05, 3.63) is 35.4 Å². The number of rotatable bonds is 8. The summed E-state index contributed by atoms with van der Waals surface area (Å²) in [5, 5.41) is 3.04. The van der Waals surface area contributed by atoms with Gasteiger partial charge in [-0.1, -0.05) is 24.3 Å². The van der Waals surface area contributed by atoms with Gasteiger partial charge in [0.05, 0.1) is 11.9 Å². The minimum atomic E-state index is -3.32. The summed E-state index contributed by atoms with van der Waals surface area (Å²) in [5.74, 6) is -0.0129. The van der Waals surface area contributed by atoms with Crippen LogP contribution >= 0.6 is 0 Å². The maximum Gasteiger partial charge on any atom is 0.215 e. The van der Waals surface area contributed by atoms with Gasteiger partial charge in [-0.05, 0) is 25.1 Å². The largest absolute Gasteiger partial charge is 0.380 e. The highest BCUT2D eigenvalue weighted by molar-refractivity contribution is 7.88. The Morgan fingerprint density at radius 2 is 2.00 bits per heavy atom. The standard InChI is InChI=1S/C13H22N2O3S/c1-11(18-3)8-15-19(16,17)10-13-6-4-5-12(7-13)9-14-2/h4-7,11,14-15H,8-10H2,1-3H3. The maximum atomic E-state index is 11.9. The normalized spacial score (nSPS) is 13.4. The van der Waals surface area contributed by atoms with E-state index in [0.717, 1.165) is 17.7 Å². The molecule has 0 amide bonds. The van der Waals surface area contributed by atoms with Crippen LogP contribution in [0.2, 0.25) is 0 Å². The van der Waals surface area contributed by atoms with Crippen LogP contribution in [-0.2, 0) is 27.1 Å². The van der Waals surface area contributed by atoms with Crippen molar-refractivity contribution in [3.8, 4) is 0 Å². The predicted octanol–water partition coefficient (Wildman–Crippen LogP) is 0.860. The van der Waals surface area contributed by atoms with Gasteiger partial charge in [-0.15, -0.1) is 0 Å². The van der Waals surface area contributed by atoms with Crippen molar-refractivity contribution in [1.82, 2.24) is 10.0 Å². The summed E-state index contributed by atoms with van der Waals surface area (Å²) in [6.45, 7) is 2.83. The van der Waals surface area contributed by atoms with Crippen molar-refractivity contribution < 1.29 is 13.2 Å². The molecule has 0 aliphatic rings. The second kappa shape index (κ2) is 7.59. The molecule has 5 nitrogen and oxygen atoms in total. The average molecular weight is 286 g/mol. The molecule has 0 saturated heterocycles. The van der Waals surface area contributed by atoms with Crippen LogP contribution in [0.3, 0.4) is 0 Å². The summed E-state index contributed by atoms with van der Waals surface area (Å²) in [6.07, 6.45) is -0.134. The Labute approximate surface area is 115 Å². The van der Waals surface area contributed by atoms with Crippen LogP contribution in [-0.4, -0.2) is 35.2 Å². The number of methoxy groups -OCH3 is 1. The first kappa shape index (κ1) is 16.1. The predicted molar refractivity (Wildman–Crippen MR) is 76.3 cm³/mol. The molecule has 0 spiro atoms. The van der Waals surface area contributed by atoms with Crippen molar-refractivity contribution in [2.45, 2.75) is 25.3 Å². The lowest BCUT2D eigenvalue weighted by molar-refractivity contribution is 0.122. The van der Waals surface area contributed by atoms with E-state index < -0.39 is 10.0 Å². The Bertz CT molecular complexity index is 488. The molecular weight excluding hydrogens is 264 g/mol. The zero-order valence-corrected chi connectivity index (χ0v) is 12.5. The fourth-order valence-electron chi connectivity index (χ4n) is 1.63. The van der Waals surface area contributed by atoms with Gasteiger partial charge in [-0.3, -0.25) is 0 Å². The van der Waals surface area contributed by atoms with Gasteiger partial charge < -0.3 is 10.1 Å². The molecule has 1 unspecified atom stereocenters. The van der Waals surface area contributed by atoms with Crippen molar-refractivity contribution in [2.75, 3.05) is 20.7 Å². The number of ether oxygens (including phenoxy) is 1. The highest BCUT2D eigenvalue weighted by Gasteiger charge is 2.13. The highest BCUT2D eigenvalue weighted by Crippen LogP contribution is 2.08. The summed E-state index contributed by atoms with van der Waals surface area (Å²) in [5.41, 5.74) is 1.85. The Kier molecular flexibility index (Phi) is 6.44. The number of benzene rings is 1. The summed E-state index contributed by atoms with van der Waals surface area (Å²) >= 11 is 0. The van der Waals surface area contributed by atoms with E-state index in [1.807, 2.05) is 38.2 Å². The Morgan fingerprint density at radius 3 is 2.63 bits per heavy atom. The molecule has 2 N–H and O–H groups in total. The minimum Gasteiger partial charge on any atom is -0.380 e. The van der Waals surface area contributed by atoms with Gasteiger partial charge in [-0.2, -0.15) is 0 Å². The molecule has 0 saturated carbocycles. The third-order valence-electron chi connectivity index (χ3n) is 2.72. The average Bonchev–Trinajstić information content (AvgIpc) is 2.36. The second-order valence-corrected chi connectivity index (χ2v) is 6.31. The van der Waals surface area contributed by atoms with Crippen molar-refractivity contribution in [1.29, 1.82) is 0 Å². The molecule has 0 radical (unpaired) electrons. The first-order valence-corrected chi connectivity index (χ1v) is 7.84. The smallest absolute Gasteiger partial charge is 0.215 e. The monoisotopic (exact) mass is 286 g/mol. The third-order valence-corrected chi connectivity index (χ3v) is 4.04. The quantitative estimate of drug-likeness (QED) is 0.744. The van der Waals surface area contributed by atoms with Gasteiger partial charge in [0.2, 0.25) is 10.0 Å². The summed E-state index contributed by atoms with van der Waals surface area (Å²) < 4.78 is 31.4. The molecule has 19 heavy (non-hydrogen) atoms. The Morgan fingerprint density at radius 1 is 1.32 bits per heavy atom. The van der Waals surface area contributed by atoms with Gasteiger partial charge in [0.15, 0.2) is 0 Å². The van der Waals surface area contributed by atoms with Crippen molar-refractivity contribution in [3.63, 3.8) is 0 Å². The van der Waals surface area contributed by atoms with Crippen LogP contribution in [0.4, 0.5) is 0 Å². The minimum absolute atomic E-state index is 0.0129. The van der Waals surface area contributed by atoms with Crippen LogP contribution in [0.15, 0.2) is 24.3 Å². The molecule has 1 aromatic rings. The van der Waals surface area contributed by atoms with Crippen molar-refractivity contribution in [2.24, 2.45) is 0 Å². The van der Waals surface area contributed by atoms with E-state index in [0.29, 0.717) is 0 Å². The molecule has 0 fully saturated rings. The van der Waals surface area contributed by atoms with Gasteiger partial charge in [0.1, 0.15) is 0 Å². The molecule has 0 aliphatic heterocycles. The number of nitrogens with one attached hydrogen (secondary N) is 2. The van der Waals surface area contributed by atoms with E-state index in [9.17, 15) is 8.42 Å². The van der Waals surface area contributed by atoms with Crippen LogP contribution in [0, 0.1) is 0 Å². The third kappa shape index (κ3) is 6.15. The fourth-order valence-corrected chi connectivity index (χ4v) is 2.84. The van der Waals surface area contributed by atoms with Gasteiger partial charge in [-0.25, -0.2) is 13.1 Å². The maximum absolute atomic E-state index is 11.9. The zero-order valence-electron chi connectivity index (χ0n) is 11.6. The zero-order chi connectivity index (χ0) is 14.3.